The summed E-state index contributed by atoms with van der Waals surface area (Å²) in [6.45, 7) is 1.62. The van der Waals surface area contributed by atoms with Crippen LogP contribution in [0.3, 0.4) is 0 Å². The lowest BCUT2D eigenvalue weighted by Crippen LogP contribution is -2.34. The van der Waals surface area contributed by atoms with E-state index in [0.717, 1.165) is 6.07 Å². The Morgan fingerprint density at radius 2 is 1.96 bits per heavy atom. The summed E-state index contributed by atoms with van der Waals surface area (Å²) in [5, 5.41) is 23.0. The van der Waals surface area contributed by atoms with Crippen molar-refractivity contribution < 1.29 is 24.4 Å². The Balaban J connectivity index is 2.34. The molecule has 2 rings (SSSR count). The Hall–Kier alpha value is -3.42. The van der Waals surface area contributed by atoms with E-state index in [0.29, 0.717) is 11.1 Å². The molecule has 1 unspecified atom stereocenters. The number of nitrogens with one attached hydrogen (secondary N) is 1. The predicted molar refractivity (Wildman–Crippen MR) is 88.2 cm³/mol. The topological polar surface area (TPSA) is 119 Å². The summed E-state index contributed by atoms with van der Waals surface area (Å²) in [6.07, 6.45) is 0. The highest BCUT2D eigenvalue weighted by Crippen LogP contribution is 2.21. The molecule has 25 heavy (non-hydrogen) atoms. The number of esters is 1. The van der Waals surface area contributed by atoms with Crippen LogP contribution < -0.4 is 5.32 Å². The van der Waals surface area contributed by atoms with E-state index in [9.17, 15) is 24.8 Å². The average molecular weight is 344 g/mol. The van der Waals surface area contributed by atoms with Crippen molar-refractivity contribution in [2.45, 2.75) is 13.0 Å². The second-order valence-corrected chi connectivity index (χ2v) is 5.34. The Morgan fingerprint density at radius 3 is 2.56 bits per heavy atom. The van der Waals surface area contributed by atoms with Crippen molar-refractivity contribution in [2.24, 2.45) is 0 Å². The number of phenolic OH excluding ortho intramolecular Hbond substituents is 1. The second-order valence-electron chi connectivity index (χ2n) is 5.34. The summed E-state index contributed by atoms with van der Waals surface area (Å²) in [4.78, 5) is 34.8. The van der Waals surface area contributed by atoms with Crippen molar-refractivity contribution >= 4 is 17.6 Å². The van der Waals surface area contributed by atoms with Crippen molar-refractivity contribution in [1.82, 2.24) is 5.32 Å². The molecule has 0 aliphatic carbocycles. The molecule has 130 valence electrons. The van der Waals surface area contributed by atoms with Gasteiger partial charge in [-0.15, -0.1) is 0 Å². The summed E-state index contributed by atoms with van der Waals surface area (Å²) >= 11 is 0. The number of rotatable bonds is 5. The summed E-state index contributed by atoms with van der Waals surface area (Å²) in [5.74, 6) is -1.49. The molecule has 2 aromatic carbocycles. The van der Waals surface area contributed by atoms with Gasteiger partial charge in [0.15, 0.2) is 6.04 Å². The van der Waals surface area contributed by atoms with E-state index in [1.54, 1.807) is 13.0 Å². The Kier molecular flexibility index (Phi) is 5.33. The lowest BCUT2D eigenvalue weighted by atomic mass is 10.0. The minimum absolute atomic E-state index is 0.0424. The molecule has 8 heteroatoms. The molecule has 8 nitrogen and oxygen atoms in total. The fourth-order valence-electron chi connectivity index (χ4n) is 2.31. The largest absolute Gasteiger partial charge is 0.508 e. The number of non-ortho nitro benzene ring substituents is 1. The zero-order chi connectivity index (χ0) is 18.6. The molecule has 2 N–H and O–H groups in total. The van der Waals surface area contributed by atoms with E-state index in [4.69, 9.17) is 0 Å². The first-order chi connectivity index (χ1) is 11.8. The molecule has 0 saturated heterocycles. The van der Waals surface area contributed by atoms with Crippen LogP contribution in [0.15, 0.2) is 42.5 Å². The molecule has 0 aromatic heterocycles. The van der Waals surface area contributed by atoms with Crippen molar-refractivity contribution in [3.8, 4) is 5.75 Å². The molecular formula is C17H16N2O6. The lowest BCUT2D eigenvalue weighted by Gasteiger charge is -2.17. The molecule has 0 aliphatic heterocycles. The summed E-state index contributed by atoms with van der Waals surface area (Å²) in [7, 11) is 1.17. The molecule has 1 amide bonds. The van der Waals surface area contributed by atoms with Crippen LogP contribution in [-0.2, 0) is 9.53 Å². The number of aryl methyl sites for hydroxylation is 1. The molecule has 0 saturated carbocycles. The molecule has 0 fully saturated rings. The highest BCUT2D eigenvalue weighted by molar-refractivity contribution is 5.97. The third-order valence-electron chi connectivity index (χ3n) is 3.45. The van der Waals surface area contributed by atoms with Gasteiger partial charge in [0.2, 0.25) is 0 Å². The van der Waals surface area contributed by atoms with E-state index in [1.165, 1.54) is 37.4 Å². The van der Waals surface area contributed by atoms with Crippen molar-refractivity contribution in [3.63, 3.8) is 0 Å². The van der Waals surface area contributed by atoms with Gasteiger partial charge in [-0.25, -0.2) is 4.79 Å². The highest BCUT2D eigenvalue weighted by Gasteiger charge is 2.25. The molecule has 0 spiro atoms. The molecular weight excluding hydrogens is 328 g/mol. The minimum Gasteiger partial charge on any atom is -0.508 e. The first kappa shape index (κ1) is 17.9. The van der Waals surface area contributed by atoms with Gasteiger partial charge in [-0.05, 0) is 36.2 Å². The van der Waals surface area contributed by atoms with E-state index in [-0.39, 0.29) is 17.0 Å². The Bertz CT molecular complexity index is 834. The number of nitro benzene ring substituents is 1. The Labute approximate surface area is 143 Å². The molecule has 2 aromatic rings. The number of aromatic hydroxyl groups is 1. The van der Waals surface area contributed by atoms with E-state index < -0.39 is 22.8 Å². The lowest BCUT2D eigenvalue weighted by molar-refractivity contribution is -0.384. The van der Waals surface area contributed by atoms with Crippen molar-refractivity contribution in [1.29, 1.82) is 0 Å². The van der Waals surface area contributed by atoms with Gasteiger partial charge in [-0.2, -0.15) is 0 Å². The molecule has 1 atom stereocenters. The van der Waals surface area contributed by atoms with Gasteiger partial charge >= 0.3 is 5.97 Å². The smallest absolute Gasteiger partial charge is 0.333 e. The molecule has 0 radical (unpaired) electrons. The average Bonchev–Trinajstić information content (AvgIpc) is 2.58. The fraction of sp³-hybridized carbons (Fsp3) is 0.176. The van der Waals surface area contributed by atoms with Crippen LogP contribution in [0.5, 0.6) is 5.75 Å². The Morgan fingerprint density at radius 1 is 1.24 bits per heavy atom. The predicted octanol–water partition coefficient (Wildman–Crippen LogP) is 2.25. The minimum atomic E-state index is -1.16. The van der Waals surface area contributed by atoms with Crippen LogP contribution in [0.4, 0.5) is 5.69 Å². The summed E-state index contributed by atoms with van der Waals surface area (Å²) in [5.41, 5.74) is 0.673. The van der Waals surface area contributed by atoms with Gasteiger partial charge in [-0.3, -0.25) is 14.9 Å². The van der Waals surface area contributed by atoms with Gasteiger partial charge < -0.3 is 15.2 Å². The van der Waals surface area contributed by atoms with Crippen molar-refractivity contribution in [3.05, 3.63) is 69.3 Å². The first-order valence-corrected chi connectivity index (χ1v) is 7.25. The molecule has 0 bridgehead atoms. The number of carbonyl (C=O) groups excluding carboxylic acids is 2. The van der Waals surface area contributed by atoms with Crippen LogP contribution in [0.25, 0.3) is 0 Å². The van der Waals surface area contributed by atoms with Crippen molar-refractivity contribution in [2.75, 3.05) is 7.11 Å². The van der Waals surface area contributed by atoms with Crippen LogP contribution >= 0.6 is 0 Å². The van der Waals surface area contributed by atoms with Gasteiger partial charge in [-0.1, -0.05) is 12.1 Å². The first-order valence-electron chi connectivity index (χ1n) is 7.25. The van der Waals surface area contributed by atoms with E-state index >= 15 is 0 Å². The maximum absolute atomic E-state index is 12.5. The molecule has 0 aliphatic rings. The summed E-state index contributed by atoms with van der Waals surface area (Å²) in [6, 6.07) is 8.57. The van der Waals surface area contributed by atoms with Crippen LogP contribution in [0, 0.1) is 17.0 Å². The third-order valence-corrected chi connectivity index (χ3v) is 3.45. The zero-order valence-corrected chi connectivity index (χ0v) is 13.6. The number of carbonyl (C=O) groups is 2. The van der Waals surface area contributed by atoms with Crippen LogP contribution in [0.2, 0.25) is 0 Å². The van der Waals surface area contributed by atoms with E-state index in [2.05, 4.69) is 10.1 Å². The van der Waals surface area contributed by atoms with Crippen LogP contribution in [-0.4, -0.2) is 29.0 Å². The number of benzene rings is 2. The highest BCUT2D eigenvalue weighted by atomic mass is 16.6. The fourth-order valence-corrected chi connectivity index (χ4v) is 2.31. The standard InChI is InChI=1S/C17H16N2O6/c1-10-6-12(8-13(7-10)19(23)24)16(21)18-15(17(22)25-2)11-4-3-5-14(20)9-11/h3-9,15,20H,1-2H3,(H,18,21). The molecule has 0 heterocycles. The number of hydrogen-bond acceptors (Lipinski definition) is 6. The second kappa shape index (κ2) is 7.43. The van der Waals surface area contributed by atoms with Gasteiger partial charge in [0, 0.05) is 17.7 Å². The SMILES string of the molecule is COC(=O)C(NC(=O)c1cc(C)cc([N+](=O)[O-])c1)c1cccc(O)c1. The number of hydrogen-bond donors (Lipinski definition) is 2. The normalized spacial score (nSPS) is 11.4. The quantitative estimate of drug-likeness (QED) is 0.488. The number of nitrogens with zero attached hydrogens (tertiary/aromatic N) is 1. The maximum atomic E-state index is 12.5. The zero-order valence-electron chi connectivity index (χ0n) is 13.6. The number of methoxy groups -OCH3 is 1. The summed E-state index contributed by atoms with van der Waals surface area (Å²) < 4.78 is 4.69. The van der Waals surface area contributed by atoms with Gasteiger partial charge in [0.1, 0.15) is 5.75 Å². The number of ether oxygens (including phenoxy) is 1. The maximum Gasteiger partial charge on any atom is 0.333 e. The third kappa shape index (κ3) is 4.31. The number of amides is 1. The van der Waals surface area contributed by atoms with E-state index in [1.807, 2.05) is 0 Å². The van der Waals surface area contributed by atoms with Gasteiger partial charge in [0.25, 0.3) is 11.6 Å². The monoisotopic (exact) mass is 344 g/mol. The number of nitro groups is 1. The van der Waals surface area contributed by atoms with Crippen LogP contribution in [0.1, 0.15) is 27.5 Å². The van der Waals surface area contributed by atoms with Gasteiger partial charge in [0.05, 0.1) is 12.0 Å². The number of phenols is 1.